The summed E-state index contributed by atoms with van der Waals surface area (Å²) >= 11 is 0. The highest BCUT2D eigenvalue weighted by molar-refractivity contribution is 5.91. The Balaban J connectivity index is 1.79. The molecule has 1 aromatic heterocycles. The summed E-state index contributed by atoms with van der Waals surface area (Å²) in [7, 11) is 1.65. The monoisotopic (exact) mass is 507 g/mol. The van der Waals surface area contributed by atoms with E-state index in [-0.39, 0.29) is 18.1 Å². The molecule has 1 N–H and O–H groups in total. The van der Waals surface area contributed by atoms with Gasteiger partial charge >= 0.3 is 6.09 Å². The van der Waals surface area contributed by atoms with Crippen molar-refractivity contribution >= 4 is 22.4 Å². The Labute approximate surface area is 221 Å². The lowest BCUT2D eigenvalue weighted by molar-refractivity contribution is 0.0490. The molecule has 1 aromatic carbocycles. The van der Waals surface area contributed by atoms with Gasteiger partial charge in [0.2, 0.25) is 5.88 Å². The number of fused-ring (bicyclic) bond motifs is 1. The summed E-state index contributed by atoms with van der Waals surface area (Å²) in [5.41, 5.74) is 1.73. The molecule has 7 heteroatoms. The van der Waals surface area contributed by atoms with Crippen LogP contribution in [0, 0.1) is 5.92 Å². The van der Waals surface area contributed by atoms with E-state index in [0.717, 1.165) is 47.2 Å². The summed E-state index contributed by atoms with van der Waals surface area (Å²) in [4.78, 5) is 19.5. The van der Waals surface area contributed by atoms with Gasteiger partial charge in [-0.05, 0) is 61.9 Å². The summed E-state index contributed by atoms with van der Waals surface area (Å²) < 4.78 is 17.4. The minimum atomic E-state index is -0.566. The van der Waals surface area contributed by atoms with Gasteiger partial charge in [0.25, 0.3) is 0 Å². The third-order valence-corrected chi connectivity index (χ3v) is 6.65. The van der Waals surface area contributed by atoms with Crippen LogP contribution in [0.2, 0.25) is 0 Å². The van der Waals surface area contributed by atoms with Gasteiger partial charge in [-0.1, -0.05) is 46.1 Å². The number of pyridine rings is 1. The van der Waals surface area contributed by atoms with Crippen molar-refractivity contribution < 1.29 is 19.0 Å². The van der Waals surface area contributed by atoms with Crippen LogP contribution >= 0.6 is 0 Å². The van der Waals surface area contributed by atoms with Gasteiger partial charge < -0.3 is 24.4 Å². The van der Waals surface area contributed by atoms with E-state index in [0.29, 0.717) is 18.1 Å². The zero-order valence-electron chi connectivity index (χ0n) is 23.1. The van der Waals surface area contributed by atoms with E-state index < -0.39 is 11.7 Å². The van der Waals surface area contributed by atoms with Gasteiger partial charge in [0, 0.05) is 24.0 Å². The summed E-state index contributed by atoms with van der Waals surface area (Å²) in [5.74, 6) is 1.51. The molecule has 3 atom stereocenters. The average molecular weight is 508 g/mol. The summed E-state index contributed by atoms with van der Waals surface area (Å²) in [6.45, 7) is 23.5. The topological polar surface area (TPSA) is 72.9 Å². The molecule has 3 rings (SSSR count). The van der Waals surface area contributed by atoms with E-state index in [2.05, 4.69) is 43.8 Å². The average Bonchev–Trinajstić information content (AvgIpc) is 3.32. The van der Waals surface area contributed by atoms with Gasteiger partial charge in [0.1, 0.15) is 17.5 Å². The number of nitrogens with one attached hydrogen (secondary N) is 1. The van der Waals surface area contributed by atoms with Gasteiger partial charge in [-0.15, -0.1) is 0 Å². The van der Waals surface area contributed by atoms with Crippen LogP contribution in [0.25, 0.3) is 16.3 Å². The van der Waals surface area contributed by atoms with Crippen LogP contribution in [-0.2, 0) is 4.74 Å². The molecule has 37 heavy (non-hydrogen) atoms. The van der Waals surface area contributed by atoms with Crippen LogP contribution in [0.1, 0.15) is 53.2 Å². The van der Waals surface area contributed by atoms with Crippen molar-refractivity contribution in [3.63, 3.8) is 0 Å². The van der Waals surface area contributed by atoms with Gasteiger partial charge in [-0.25, -0.2) is 9.78 Å². The molecule has 7 nitrogen and oxygen atoms in total. The second kappa shape index (κ2) is 11.7. The third-order valence-electron chi connectivity index (χ3n) is 6.65. The number of hydrogen-bond acceptors (Lipinski definition) is 6. The molecule has 0 radical (unpaired) electrons. The number of allylic oxidation sites excluding steroid dienone is 2. The van der Waals surface area contributed by atoms with Crippen molar-refractivity contribution in [1.29, 1.82) is 0 Å². The van der Waals surface area contributed by atoms with Crippen LogP contribution in [0.4, 0.5) is 4.79 Å². The van der Waals surface area contributed by atoms with E-state index in [1.807, 2.05) is 45.0 Å². The fourth-order valence-corrected chi connectivity index (χ4v) is 4.35. The lowest BCUT2D eigenvalue weighted by Crippen LogP contribution is -2.46. The van der Waals surface area contributed by atoms with Crippen molar-refractivity contribution in [3.05, 3.63) is 61.5 Å². The number of carbonyl (C=O) groups excluding carboxylic acids is 1. The van der Waals surface area contributed by atoms with Gasteiger partial charge in [-0.3, -0.25) is 0 Å². The highest BCUT2D eigenvalue weighted by atomic mass is 16.6. The summed E-state index contributed by atoms with van der Waals surface area (Å²) in [6, 6.07) is 7.57. The van der Waals surface area contributed by atoms with E-state index >= 15 is 0 Å². The molecule has 0 saturated carbocycles. The fraction of sp³-hybridized carbons (Fsp3) is 0.467. The first-order chi connectivity index (χ1) is 17.4. The fourth-order valence-electron chi connectivity index (χ4n) is 4.35. The molecule has 200 valence electrons. The van der Waals surface area contributed by atoms with Crippen LogP contribution < -0.4 is 14.8 Å². The molecule has 1 aliphatic heterocycles. The first-order valence-corrected chi connectivity index (χ1v) is 12.9. The number of aromatic nitrogens is 1. The molecule has 2 aromatic rings. The molecule has 3 unspecified atom stereocenters. The largest absolute Gasteiger partial charge is 0.497 e. The Bertz CT molecular complexity index is 1170. The van der Waals surface area contributed by atoms with Gasteiger partial charge in [0.15, 0.2) is 0 Å². The second-order valence-electron chi connectivity index (χ2n) is 10.6. The van der Waals surface area contributed by atoms with Crippen molar-refractivity contribution in [1.82, 2.24) is 15.2 Å². The minimum Gasteiger partial charge on any atom is -0.497 e. The molecule has 1 aliphatic rings. The predicted molar refractivity (Wildman–Crippen MR) is 150 cm³/mol. The zero-order chi connectivity index (χ0) is 27.3. The number of amides is 1. The Morgan fingerprint density at radius 2 is 2.03 bits per heavy atom. The molecule has 1 amide bonds. The quantitative estimate of drug-likeness (QED) is 0.378. The number of alkyl carbamates (subject to hydrolysis) is 1. The van der Waals surface area contributed by atoms with E-state index in [1.54, 1.807) is 13.2 Å². The molecule has 0 aliphatic carbocycles. The molecule has 1 saturated heterocycles. The highest BCUT2D eigenvalue weighted by Gasteiger charge is 2.32. The first kappa shape index (κ1) is 28.1. The Morgan fingerprint density at radius 3 is 2.65 bits per heavy atom. The van der Waals surface area contributed by atoms with Crippen molar-refractivity contribution in [2.24, 2.45) is 5.92 Å². The number of hydrogen-bond donors (Lipinski definition) is 1. The van der Waals surface area contributed by atoms with E-state index in [1.165, 1.54) is 0 Å². The number of nitrogens with zero attached hydrogens (tertiary/aromatic N) is 2. The van der Waals surface area contributed by atoms with Gasteiger partial charge in [0.05, 0.1) is 25.4 Å². The normalized spacial score (nSPS) is 17.1. The van der Waals surface area contributed by atoms with Crippen LogP contribution in [-0.4, -0.2) is 53.9 Å². The molecular formula is C30H41N3O4. The first-order valence-electron chi connectivity index (χ1n) is 12.9. The number of rotatable bonds is 10. The molecular weight excluding hydrogens is 466 g/mol. The number of methoxy groups -OCH3 is 1. The second-order valence-corrected chi connectivity index (χ2v) is 10.6. The maximum atomic E-state index is 12.5. The number of likely N-dealkylation sites (tertiary alicyclic amines) is 1. The number of ether oxygens (including phenoxy) is 3. The van der Waals surface area contributed by atoms with E-state index in [4.69, 9.17) is 19.2 Å². The summed E-state index contributed by atoms with van der Waals surface area (Å²) in [6.07, 6.45) is 2.88. The zero-order valence-corrected chi connectivity index (χ0v) is 23.1. The number of carbonyl (C=O) groups is 1. The Morgan fingerprint density at radius 1 is 1.30 bits per heavy atom. The third kappa shape index (κ3) is 7.06. The van der Waals surface area contributed by atoms with Crippen molar-refractivity contribution in [2.75, 3.05) is 20.2 Å². The Hall–Kier alpha value is -3.48. The number of benzene rings is 1. The summed E-state index contributed by atoms with van der Waals surface area (Å²) in [5, 5.41) is 4.90. The van der Waals surface area contributed by atoms with Gasteiger partial charge in [-0.2, -0.15) is 0 Å². The lowest BCUT2D eigenvalue weighted by atomic mass is 9.96. The predicted octanol–water partition coefficient (Wildman–Crippen LogP) is 6.35. The molecule has 0 bridgehead atoms. The van der Waals surface area contributed by atoms with Crippen LogP contribution in [0.3, 0.4) is 0 Å². The molecule has 2 heterocycles. The van der Waals surface area contributed by atoms with Crippen LogP contribution in [0.15, 0.2) is 55.8 Å². The van der Waals surface area contributed by atoms with Crippen molar-refractivity contribution in [2.45, 2.75) is 65.2 Å². The minimum absolute atomic E-state index is 0.0825. The van der Waals surface area contributed by atoms with Crippen molar-refractivity contribution in [3.8, 4) is 11.6 Å². The van der Waals surface area contributed by atoms with E-state index in [9.17, 15) is 4.79 Å². The smallest absolute Gasteiger partial charge is 0.408 e. The Kier molecular flexibility index (Phi) is 8.89. The SMILES string of the molecule is C=CC(=C)c1cc2cc(OC)ccc2c(OC2CCN(C(=C)C(NC(=O)OC(C)(C)C)C(C)CC)C2)n1. The highest BCUT2D eigenvalue weighted by Crippen LogP contribution is 2.32. The maximum absolute atomic E-state index is 12.5. The molecule has 1 fully saturated rings. The standard InChI is InChI=1S/C30H41N3O4/c1-10-19(3)26-17-22-16-23(35-9)12-13-25(22)28(31-26)36-24-14-15-33(18-24)21(5)27(20(4)11-2)32-29(34)37-30(6,7)8/h10,12-13,16-17,20,24,27H,1,3,5,11,14-15,18H2,2,4,6-9H3,(H,32,34). The lowest BCUT2D eigenvalue weighted by Gasteiger charge is -2.33. The maximum Gasteiger partial charge on any atom is 0.408 e. The molecule has 0 spiro atoms. The van der Waals surface area contributed by atoms with Crippen LogP contribution in [0.5, 0.6) is 11.6 Å².